The maximum atomic E-state index is 11.5. The van der Waals surface area contributed by atoms with E-state index in [0.29, 0.717) is 5.56 Å². The van der Waals surface area contributed by atoms with Crippen molar-refractivity contribution >= 4 is 17.8 Å². The van der Waals surface area contributed by atoms with Gasteiger partial charge < -0.3 is 20.8 Å². The molecule has 1 aromatic carbocycles. The van der Waals surface area contributed by atoms with Crippen LogP contribution < -0.4 is 10.6 Å². The van der Waals surface area contributed by atoms with E-state index >= 15 is 0 Å². The number of hydrogen-bond acceptors (Lipinski definition) is 4. The molecular weight excluding hydrogens is 264 g/mol. The molecule has 20 heavy (non-hydrogen) atoms. The molecule has 1 aromatic rings. The van der Waals surface area contributed by atoms with E-state index in [1.165, 1.54) is 19.1 Å². The van der Waals surface area contributed by atoms with Gasteiger partial charge in [-0.15, -0.1) is 0 Å². The first-order chi connectivity index (χ1) is 9.38. The molecule has 0 unspecified atom stereocenters. The van der Waals surface area contributed by atoms with Crippen LogP contribution in [0.4, 0.5) is 0 Å². The van der Waals surface area contributed by atoms with Crippen LogP contribution in [0.3, 0.4) is 0 Å². The van der Waals surface area contributed by atoms with Gasteiger partial charge in [-0.3, -0.25) is 9.59 Å². The quantitative estimate of drug-likeness (QED) is 0.568. The Labute approximate surface area is 115 Å². The highest BCUT2D eigenvalue weighted by Crippen LogP contribution is 2.11. The molecular formula is C13H16N2O5. The zero-order chi connectivity index (χ0) is 15.1. The summed E-state index contributed by atoms with van der Waals surface area (Å²) >= 11 is 0. The van der Waals surface area contributed by atoms with Crippen molar-refractivity contribution in [3.63, 3.8) is 0 Å². The Morgan fingerprint density at radius 2 is 1.80 bits per heavy atom. The molecule has 1 atom stereocenters. The van der Waals surface area contributed by atoms with Gasteiger partial charge in [0.2, 0.25) is 11.8 Å². The standard InChI is InChI=1S/C13H16N2O5/c1-8(16)14-7-12(18)15-11(13(19)20)6-9-2-4-10(17)5-3-9/h2-5,11,17H,6-7H2,1H3,(H,14,16)(H,15,18)(H,19,20)/t11-/m0/s1. The summed E-state index contributed by atoms with van der Waals surface area (Å²) in [6, 6.07) is 4.93. The van der Waals surface area contributed by atoms with Gasteiger partial charge in [0.1, 0.15) is 11.8 Å². The topological polar surface area (TPSA) is 116 Å². The molecule has 0 fully saturated rings. The Balaban J connectivity index is 2.60. The van der Waals surface area contributed by atoms with Crippen LogP contribution in [-0.4, -0.2) is 40.6 Å². The summed E-state index contributed by atoms with van der Waals surface area (Å²) in [6.45, 7) is 0.993. The molecule has 0 aromatic heterocycles. The lowest BCUT2D eigenvalue weighted by atomic mass is 10.1. The van der Waals surface area contributed by atoms with E-state index in [1.54, 1.807) is 12.1 Å². The third-order valence-corrected chi connectivity index (χ3v) is 2.51. The van der Waals surface area contributed by atoms with Crippen molar-refractivity contribution in [1.82, 2.24) is 10.6 Å². The molecule has 0 aliphatic rings. The molecule has 0 saturated carbocycles. The number of rotatable bonds is 6. The third-order valence-electron chi connectivity index (χ3n) is 2.51. The Kier molecular flexibility index (Phi) is 5.52. The number of phenolic OH excluding ortho intramolecular Hbond substituents is 1. The summed E-state index contributed by atoms with van der Waals surface area (Å²) in [5.41, 5.74) is 0.662. The van der Waals surface area contributed by atoms with Gasteiger partial charge in [-0.1, -0.05) is 12.1 Å². The number of aromatic hydroxyl groups is 1. The minimum absolute atomic E-state index is 0.0790. The molecule has 0 heterocycles. The zero-order valence-electron chi connectivity index (χ0n) is 10.9. The number of carbonyl (C=O) groups is 3. The van der Waals surface area contributed by atoms with Gasteiger partial charge in [0.25, 0.3) is 0 Å². The molecule has 0 bridgehead atoms. The fourth-order valence-corrected chi connectivity index (χ4v) is 1.52. The molecule has 7 heteroatoms. The summed E-state index contributed by atoms with van der Waals surface area (Å²) < 4.78 is 0. The number of carboxylic acid groups (broad SMARTS) is 1. The number of carbonyl (C=O) groups excluding carboxylic acids is 2. The van der Waals surface area contributed by atoms with E-state index < -0.39 is 17.9 Å². The first-order valence-corrected chi connectivity index (χ1v) is 5.93. The van der Waals surface area contributed by atoms with Crippen LogP contribution in [0.5, 0.6) is 5.75 Å². The second-order valence-corrected chi connectivity index (χ2v) is 4.24. The predicted molar refractivity (Wildman–Crippen MR) is 70.1 cm³/mol. The van der Waals surface area contributed by atoms with Crippen molar-refractivity contribution in [3.05, 3.63) is 29.8 Å². The Bertz CT molecular complexity index is 498. The van der Waals surface area contributed by atoms with Crippen molar-refractivity contribution in [1.29, 1.82) is 0 Å². The van der Waals surface area contributed by atoms with E-state index in [1.807, 2.05) is 0 Å². The average Bonchev–Trinajstić information content (AvgIpc) is 2.38. The van der Waals surface area contributed by atoms with Crippen LogP contribution in [0.15, 0.2) is 24.3 Å². The summed E-state index contributed by atoms with van der Waals surface area (Å²) in [5.74, 6) is -2.04. The number of hydrogen-bond donors (Lipinski definition) is 4. The molecule has 0 spiro atoms. The second kappa shape index (κ2) is 7.13. The van der Waals surface area contributed by atoms with Gasteiger partial charge in [0.05, 0.1) is 6.54 Å². The highest BCUT2D eigenvalue weighted by Gasteiger charge is 2.20. The molecule has 7 nitrogen and oxygen atoms in total. The van der Waals surface area contributed by atoms with Crippen LogP contribution >= 0.6 is 0 Å². The van der Waals surface area contributed by atoms with Crippen molar-refractivity contribution in [3.8, 4) is 5.75 Å². The minimum Gasteiger partial charge on any atom is -0.508 e. The monoisotopic (exact) mass is 280 g/mol. The Morgan fingerprint density at radius 1 is 1.20 bits per heavy atom. The first-order valence-electron chi connectivity index (χ1n) is 5.93. The normalized spacial score (nSPS) is 11.4. The lowest BCUT2D eigenvalue weighted by molar-refractivity contribution is -0.141. The van der Waals surface area contributed by atoms with Gasteiger partial charge in [-0.2, -0.15) is 0 Å². The van der Waals surface area contributed by atoms with E-state index in [-0.39, 0.29) is 24.6 Å². The highest BCUT2D eigenvalue weighted by molar-refractivity contribution is 5.87. The van der Waals surface area contributed by atoms with Gasteiger partial charge in [-0.25, -0.2) is 4.79 Å². The van der Waals surface area contributed by atoms with Crippen molar-refractivity contribution < 1.29 is 24.6 Å². The van der Waals surface area contributed by atoms with E-state index in [2.05, 4.69) is 10.6 Å². The average molecular weight is 280 g/mol. The summed E-state index contributed by atoms with van der Waals surface area (Å²) in [7, 11) is 0. The second-order valence-electron chi connectivity index (χ2n) is 4.24. The number of carboxylic acids is 1. The minimum atomic E-state index is -1.17. The smallest absolute Gasteiger partial charge is 0.326 e. The van der Waals surface area contributed by atoms with Gasteiger partial charge in [-0.05, 0) is 17.7 Å². The maximum Gasteiger partial charge on any atom is 0.326 e. The molecule has 1 rings (SSSR count). The van der Waals surface area contributed by atoms with Gasteiger partial charge in [0.15, 0.2) is 0 Å². The fourth-order valence-electron chi connectivity index (χ4n) is 1.52. The predicted octanol–water partition coefficient (Wildman–Crippen LogP) is -0.360. The summed E-state index contributed by atoms with van der Waals surface area (Å²) in [5, 5.41) is 22.8. The van der Waals surface area contributed by atoms with Gasteiger partial charge in [0, 0.05) is 13.3 Å². The van der Waals surface area contributed by atoms with Crippen LogP contribution in [0.25, 0.3) is 0 Å². The van der Waals surface area contributed by atoms with Crippen LogP contribution in [0.2, 0.25) is 0 Å². The van der Waals surface area contributed by atoms with Crippen LogP contribution in [0.1, 0.15) is 12.5 Å². The van der Waals surface area contributed by atoms with Crippen LogP contribution in [-0.2, 0) is 20.8 Å². The van der Waals surface area contributed by atoms with Crippen molar-refractivity contribution in [2.45, 2.75) is 19.4 Å². The number of benzene rings is 1. The molecule has 4 N–H and O–H groups in total. The SMILES string of the molecule is CC(=O)NCC(=O)N[C@@H](Cc1ccc(O)cc1)C(=O)O. The first kappa shape index (κ1) is 15.5. The van der Waals surface area contributed by atoms with Crippen molar-refractivity contribution in [2.24, 2.45) is 0 Å². The number of aliphatic carboxylic acids is 1. The highest BCUT2D eigenvalue weighted by atomic mass is 16.4. The number of phenols is 1. The molecule has 108 valence electrons. The Morgan fingerprint density at radius 3 is 2.30 bits per heavy atom. The summed E-state index contributed by atoms with van der Waals surface area (Å²) in [4.78, 5) is 33.2. The maximum absolute atomic E-state index is 11.5. The summed E-state index contributed by atoms with van der Waals surface area (Å²) in [6.07, 6.45) is 0.0847. The molecule has 0 aliphatic carbocycles. The van der Waals surface area contributed by atoms with E-state index in [4.69, 9.17) is 10.2 Å². The van der Waals surface area contributed by atoms with Crippen molar-refractivity contribution in [2.75, 3.05) is 6.54 Å². The molecule has 0 aliphatic heterocycles. The molecule has 0 saturated heterocycles. The molecule has 0 radical (unpaired) electrons. The lowest BCUT2D eigenvalue weighted by Gasteiger charge is -2.14. The Hall–Kier alpha value is -2.57. The number of amides is 2. The lowest BCUT2D eigenvalue weighted by Crippen LogP contribution is -2.46. The van der Waals surface area contributed by atoms with Gasteiger partial charge >= 0.3 is 5.97 Å². The van der Waals surface area contributed by atoms with Crippen LogP contribution in [0, 0.1) is 0 Å². The number of nitrogens with one attached hydrogen (secondary N) is 2. The third kappa shape index (κ3) is 5.38. The zero-order valence-corrected chi connectivity index (χ0v) is 10.9. The largest absolute Gasteiger partial charge is 0.508 e. The fraction of sp³-hybridized carbons (Fsp3) is 0.308. The van der Waals surface area contributed by atoms with E-state index in [0.717, 1.165) is 0 Å². The molecule has 2 amide bonds. The van der Waals surface area contributed by atoms with E-state index in [9.17, 15) is 14.4 Å².